The first-order valence-electron chi connectivity index (χ1n) is 5.74. The Balaban J connectivity index is 2.81. The van der Waals surface area contributed by atoms with Crippen LogP contribution in [-0.4, -0.2) is 25.2 Å². The minimum absolute atomic E-state index is 0.132. The van der Waals surface area contributed by atoms with E-state index in [2.05, 4.69) is 0 Å². The fourth-order valence-electron chi connectivity index (χ4n) is 1.32. The second-order valence-electron chi connectivity index (χ2n) is 3.39. The highest BCUT2D eigenvalue weighted by molar-refractivity contribution is 5.97. The number of carbonyl (C=O) groups is 2. The average Bonchev–Trinajstić information content (AvgIpc) is 2.81. The number of esters is 2. The van der Waals surface area contributed by atoms with E-state index in [0.717, 1.165) is 0 Å². The summed E-state index contributed by atoms with van der Waals surface area (Å²) in [6.45, 7) is 3.93. The van der Waals surface area contributed by atoms with Gasteiger partial charge in [-0.1, -0.05) is 0 Å². The monoisotopic (exact) mass is 252 g/mol. The number of rotatable bonds is 6. The van der Waals surface area contributed by atoms with E-state index in [9.17, 15) is 9.59 Å². The molecule has 5 heteroatoms. The highest BCUT2D eigenvalue weighted by atomic mass is 16.5. The van der Waals surface area contributed by atoms with E-state index in [0.29, 0.717) is 5.76 Å². The van der Waals surface area contributed by atoms with Crippen LogP contribution in [0.15, 0.2) is 28.4 Å². The van der Waals surface area contributed by atoms with Gasteiger partial charge in [0, 0.05) is 0 Å². The van der Waals surface area contributed by atoms with Crippen molar-refractivity contribution in [2.75, 3.05) is 13.2 Å². The first-order valence-corrected chi connectivity index (χ1v) is 5.74. The summed E-state index contributed by atoms with van der Waals surface area (Å²) in [5.74, 6) is -0.521. The van der Waals surface area contributed by atoms with Crippen LogP contribution >= 0.6 is 0 Å². The molecular weight excluding hydrogens is 236 g/mol. The third kappa shape index (κ3) is 4.45. The molecule has 0 aromatic carbocycles. The molecule has 98 valence electrons. The lowest BCUT2D eigenvalue weighted by Gasteiger charge is -2.06. The van der Waals surface area contributed by atoms with Crippen LogP contribution in [0.25, 0.3) is 6.08 Å². The zero-order valence-electron chi connectivity index (χ0n) is 10.5. The highest BCUT2D eigenvalue weighted by Crippen LogP contribution is 2.13. The van der Waals surface area contributed by atoms with Crippen molar-refractivity contribution < 1.29 is 23.5 Å². The van der Waals surface area contributed by atoms with E-state index in [-0.39, 0.29) is 25.2 Å². The van der Waals surface area contributed by atoms with Gasteiger partial charge >= 0.3 is 11.9 Å². The third-order valence-corrected chi connectivity index (χ3v) is 2.04. The van der Waals surface area contributed by atoms with Gasteiger partial charge in [0.05, 0.1) is 31.5 Å². The molecule has 0 aliphatic heterocycles. The lowest BCUT2D eigenvalue weighted by atomic mass is 10.1. The van der Waals surface area contributed by atoms with E-state index in [4.69, 9.17) is 13.9 Å². The van der Waals surface area contributed by atoms with Crippen molar-refractivity contribution >= 4 is 18.0 Å². The Kier molecular flexibility index (Phi) is 5.70. The molecule has 0 atom stereocenters. The lowest BCUT2D eigenvalue weighted by Crippen LogP contribution is -2.13. The van der Waals surface area contributed by atoms with E-state index in [1.54, 1.807) is 26.0 Å². The second-order valence-corrected chi connectivity index (χ2v) is 3.39. The molecule has 0 spiro atoms. The maximum atomic E-state index is 11.7. The summed E-state index contributed by atoms with van der Waals surface area (Å²) in [4.78, 5) is 23.1. The van der Waals surface area contributed by atoms with E-state index in [1.807, 2.05) is 0 Å². The maximum absolute atomic E-state index is 11.7. The Morgan fingerprint density at radius 2 is 2.00 bits per heavy atom. The number of ether oxygens (including phenoxy) is 2. The Labute approximate surface area is 105 Å². The quantitative estimate of drug-likeness (QED) is 0.573. The number of carbonyl (C=O) groups excluding carboxylic acids is 2. The number of hydrogen-bond acceptors (Lipinski definition) is 5. The summed E-state index contributed by atoms with van der Waals surface area (Å²) in [5, 5.41) is 0. The summed E-state index contributed by atoms with van der Waals surface area (Å²) in [7, 11) is 0. The van der Waals surface area contributed by atoms with Gasteiger partial charge < -0.3 is 13.9 Å². The molecule has 1 aromatic rings. The first-order chi connectivity index (χ1) is 8.67. The topological polar surface area (TPSA) is 65.7 Å². The van der Waals surface area contributed by atoms with Crippen molar-refractivity contribution in [2.45, 2.75) is 20.3 Å². The van der Waals surface area contributed by atoms with Gasteiger partial charge in [-0.2, -0.15) is 0 Å². The Hall–Kier alpha value is -2.04. The normalized spacial score (nSPS) is 11.1. The van der Waals surface area contributed by atoms with Crippen LogP contribution in [0.1, 0.15) is 26.0 Å². The molecule has 0 fully saturated rings. The molecule has 1 rings (SSSR count). The third-order valence-electron chi connectivity index (χ3n) is 2.04. The van der Waals surface area contributed by atoms with Crippen molar-refractivity contribution in [3.8, 4) is 0 Å². The van der Waals surface area contributed by atoms with Gasteiger partial charge in [-0.15, -0.1) is 0 Å². The van der Waals surface area contributed by atoms with Crippen molar-refractivity contribution in [1.29, 1.82) is 0 Å². The van der Waals surface area contributed by atoms with Crippen LogP contribution in [0.5, 0.6) is 0 Å². The van der Waals surface area contributed by atoms with Crippen molar-refractivity contribution in [3.63, 3.8) is 0 Å². The van der Waals surface area contributed by atoms with Gasteiger partial charge in [0.15, 0.2) is 0 Å². The fourth-order valence-corrected chi connectivity index (χ4v) is 1.32. The smallest absolute Gasteiger partial charge is 0.334 e. The highest BCUT2D eigenvalue weighted by Gasteiger charge is 2.16. The summed E-state index contributed by atoms with van der Waals surface area (Å²) in [5.41, 5.74) is 0.213. The maximum Gasteiger partial charge on any atom is 0.334 e. The molecule has 0 N–H and O–H groups in total. The summed E-state index contributed by atoms with van der Waals surface area (Å²) >= 11 is 0. The zero-order chi connectivity index (χ0) is 13.4. The molecule has 0 unspecified atom stereocenters. The minimum Gasteiger partial charge on any atom is -0.466 e. The molecule has 1 heterocycles. The Morgan fingerprint density at radius 3 is 2.56 bits per heavy atom. The van der Waals surface area contributed by atoms with Crippen molar-refractivity contribution in [3.05, 3.63) is 29.7 Å². The van der Waals surface area contributed by atoms with E-state index in [1.165, 1.54) is 12.3 Å². The van der Waals surface area contributed by atoms with Crippen LogP contribution in [0.4, 0.5) is 0 Å². The van der Waals surface area contributed by atoms with E-state index >= 15 is 0 Å². The predicted octanol–water partition coefficient (Wildman–Crippen LogP) is 2.18. The van der Waals surface area contributed by atoms with Gasteiger partial charge in [0.25, 0.3) is 0 Å². The number of hydrogen-bond donors (Lipinski definition) is 0. The molecule has 5 nitrogen and oxygen atoms in total. The van der Waals surface area contributed by atoms with Crippen molar-refractivity contribution in [1.82, 2.24) is 0 Å². The molecule has 0 aliphatic carbocycles. The fraction of sp³-hybridized carbons (Fsp3) is 0.385. The minimum atomic E-state index is -0.540. The van der Waals surface area contributed by atoms with Gasteiger partial charge in [-0.25, -0.2) is 4.79 Å². The van der Waals surface area contributed by atoms with Gasteiger partial charge in [0.2, 0.25) is 0 Å². The molecule has 0 radical (unpaired) electrons. The van der Waals surface area contributed by atoms with Gasteiger partial charge in [-0.05, 0) is 32.1 Å². The Morgan fingerprint density at radius 1 is 1.28 bits per heavy atom. The SMILES string of the molecule is CCOC(=O)C/C(=C\c1ccco1)C(=O)OCC. The molecule has 0 saturated carbocycles. The van der Waals surface area contributed by atoms with Crippen LogP contribution in [0, 0.1) is 0 Å². The van der Waals surface area contributed by atoms with Crippen LogP contribution in [-0.2, 0) is 19.1 Å². The number of furan rings is 1. The van der Waals surface area contributed by atoms with Crippen LogP contribution in [0.3, 0.4) is 0 Å². The van der Waals surface area contributed by atoms with Crippen LogP contribution < -0.4 is 0 Å². The zero-order valence-corrected chi connectivity index (χ0v) is 10.5. The lowest BCUT2D eigenvalue weighted by molar-refractivity contribution is -0.145. The Bertz CT molecular complexity index is 417. The summed E-state index contributed by atoms with van der Waals surface area (Å²) in [6, 6.07) is 3.38. The largest absolute Gasteiger partial charge is 0.466 e. The van der Waals surface area contributed by atoms with Crippen molar-refractivity contribution in [2.24, 2.45) is 0 Å². The van der Waals surface area contributed by atoms with Gasteiger partial charge in [-0.3, -0.25) is 4.79 Å². The molecule has 0 saturated heterocycles. The summed E-state index contributed by atoms with van der Waals surface area (Å²) in [6.07, 6.45) is 2.83. The molecule has 0 bridgehead atoms. The molecule has 0 amide bonds. The molecular formula is C13H16O5. The first kappa shape index (κ1) is 14.0. The van der Waals surface area contributed by atoms with Crippen LogP contribution in [0.2, 0.25) is 0 Å². The van der Waals surface area contributed by atoms with Gasteiger partial charge in [0.1, 0.15) is 5.76 Å². The molecule has 0 aliphatic rings. The standard InChI is InChI=1S/C13H16O5/c1-3-16-12(14)9-10(13(15)17-4-2)8-11-6-5-7-18-11/h5-8H,3-4,9H2,1-2H3/b10-8+. The summed E-state index contributed by atoms with van der Waals surface area (Å²) < 4.78 is 14.8. The van der Waals surface area contributed by atoms with E-state index < -0.39 is 11.9 Å². The molecule has 18 heavy (non-hydrogen) atoms. The second kappa shape index (κ2) is 7.32. The molecule has 1 aromatic heterocycles. The average molecular weight is 252 g/mol. The predicted molar refractivity (Wildman–Crippen MR) is 64.6 cm³/mol.